The maximum Gasteiger partial charge on any atom is 0.163 e. The number of nitrogens with zero attached hydrogens (tertiary/aromatic N) is 5. The van der Waals surface area contributed by atoms with E-state index in [-0.39, 0.29) is 24.4 Å². The Balaban J connectivity index is 2.07. The van der Waals surface area contributed by atoms with Crippen LogP contribution in [0, 0.1) is 0 Å². The van der Waals surface area contributed by atoms with Gasteiger partial charge < -0.3 is 18.9 Å². The van der Waals surface area contributed by atoms with Crippen LogP contribution in [-0.2, 0) is 31.7 Å². The number of aromatic nitrogens is 5. The molecule has 0 bridgehead atoms. The van der Waals surface area contributed by atoms with Crippen LogP contribution in [0.4, 0.5) is 0 Å². The molecule has 0 aliphatic rings. The largest absolute Gasteiger partial charge is 0.494 e. The second kappa shape index (κ2) is 12.0. The highest BCUT2D eigenvalue weighted by Crippen LogP contribution is 2.35. The highest BCUT2D eigenvalue weighted by molar-refractivity contribution is 7.91. The van der Waals surface area contributed by atoms with Gasteiger partial charge in [0, 0.05) is 19.5 Å². The van der Waals surface area contributed by atoms with Gasteiger partial charge in [-0.25, -0.2) is 18.4 Å². The summed E-state index contributed by atoms with van der Waals surface area (Å²) in [7, 11) is 0.661. The van der Waals surface area contributed by atoms with Crippen LogP contribution in [0.5, 0.6) is 11.5 Å². The van der Waals surface area contributed by atoms with Crippen molar-refractivity contribution in [2.45, 2.75) is 50.6 Å². The molecule has 0 saturated carbocycles. The van der Waals surface area contributed by atoms with Gasteiger partial charge >= 0.3 is 0 Å². The fraction of sp³-hybridized carbons (Fsp3) is 0.478. The second-order valence-corrected chi connectivity index (χ2v) is 11.0. The highest BCUT2D eigenvalue weighted by Gasteiger charge is 2.36. The Bertz CT molecular complexity index is 1240. The van der Waals surface area contributed by atoms with E-state index < -0.39 is 26.9 Å². The van der Waals surface area contributed by atoms with E-state index in [4.69, 9.17) is 30.5 Å². The fourth-order valence-corrected chi connectivity index (χ4v) is 5.09. The molecule has 0 aliphatic carbocycles. The van der Waals surface area contributed by atoms with Crippen molar-refractivity contribution < 1.29 is 27.4 Å². The Labute approximate surface area is 215 Å². The van der Waals surface area contributed by atoms with Crippen LogP contribution in [0.25, 0.3) is 5.69 Å². The van der Waals surface area contributed by atoms with Gasteiger partial charge in [0.1, 0.15) is 35.7 Å². The van der Waals surface area contributed by atoms with Gasteiger partial charge in [-0.1, -0.05) is 17.7 Å². The molecule has 0 aliphatic heterocycles. The molecular formula is C23H30ClN5O6S. The molecule has 0 spiro atoms. The van der Waals surface area contributed by atoms with E-state index in [0.29, 0.717) is 28.0 Å². The first-order chi connectivity index (χ1) is 17.1. The Morgan fingerprint density at radius 3 is 2.08 bits per heavy atom. The number of hydrogen-bond acceptors (Lipinski definition) is 10. The molecule has 36 heavy (non-hydrogen) atoms. The van der Waals surface area contributed by atoms with E-state index in [0.717, 1.165) is 0 Å². The lowest BCUT2D eigenvalue weighted by Gasteiger charge is -2.25. The van der Waals surface area contributed by atoms with E-state index >= 15 is 0 Å². The number of ether oxygens (including phenoxy) is 4. The summed E-state index contributed by atoms with van der Waals surface area (Å²) in [5.74, 6) is 1.23. The summed E-state index contributed by atoms with van der Waals surface area (Å²) in [6, 6.07) is 5.24. The van der Waals surface area contributed by atoms with Gasteiger partial charge in [-0.05, 0) is 32.9 Å². The molecule has 0 amide bonds. The lowest BCUT2D eigenvalue weighted by Crippen LogP contribution is -2.32. The molecule has 2 heterocycles. The van der Waals surface area contributed by atoms with E-state index in [1.54, 1.807) is 29.7 Å². The van der Waals surface area contributed by atoms with Gasteiger partial charge in [0.15, 0.2) is 27.3 Å². The average molecular weight is 540 g/mol. The van der Waals surface area contributed by atoms with Crippen molar-refractivity contribution in [3.8, 4) is 17.2 Å². The Morgan fingerprint density at radius 2 is 1.56 bits per heavy atom. The van der Waals surface area contributed by atoms with Crippen molar-refractivity contribution in [3.63, 3.8) is 0 Å². The summed E-state index contributed by atoms with van der Waals surface area (Å²) < 4.78 is 51.2. The standard InChI is InChI=1S/C23H30ClN5O6S/c1-14(2)35-22(23-25-10-16(24)11-26-23)15(3)36(30,31)13-20-28-27-19(12-32-4)29(20)21-17(33-5)8-7-9-18(21)34-6/h7-11,14-15,22H,12-13H2,1-6H3/t15-,22+/m0/s1. The molecule has 0 radical (unpaired) electrons. The minimum Gasteiger partial charge on any atom is -0.494 e. The molecule has 3 rings (SSSR count). The summed E-state index contributed by atoms with van der Waals surface area (Å²) in [5.41, 5.74) is 0.466. The van der Waals surface area contributed by atoms with Crippen LogP contribution in [0.15, 0.2) is 30.6 Å². The third-order valence-corrected chi connectivity index (χ3v) is 7.57. The first-order valence-electron chi connectivity index (χ1n) is 11.1. The van der Waals surface area contributed by atoms with Crippen LogP contribution < -0.4 is 9.47 Å². The predicted octanol–water partition coefficient (Wildman–Crippen LogP) is 3.34. The maximum atomic E-state index is 13.7. The Kier molecular flexibility index (Phi) is 9.23. The lowest BCUT2D eigenvalue weighted by atomic mass is 10.2. The maximum absolute atomic E-state index is 13.7. The summed E-state index contributed by atoms with van der Waals surface area (Å²) in [5, 5.41) is 7.69. The smallest absolute Gasteiger partial charge is 0.163 e. The average Bonchev–Trinajstić information content (AvgIpc) is 3.22. The third kappa shape index (κ3) is 6.12. The van der Waals surface area contributed by atoms with Crippen molar-refractivity contribution in [2.24, 2.45) is 0 Å². The summed E-state index contributed by atoms with van der Waals surface area (Å²) >= 11 is 5.92. The molecule has 196 valence electrons. The van der Waals surface area contributed by atoms with Gasteiger partial charge in [0.2, 0.25) is 0 Å². The number of hydrogen-bond donors (Lipinski definition) is 0. The van der Waals surface area contributed by atoms with Crippen LogP contribution in [0.3, 0.4) is 0 Å². The van der Waals surface area contributed by atoms with Crippen LogP contribution in [0.2, 0.25) is 5.02 Å². The highest BCUT2D eigenvalue weighted by atomic mass is 35.5. The second-order valence-electron chi connectivity index (χ2n) is 8.19. The monoisotopic (exact) mass is 539 g/mol. The zero-order valence-electron chi connectivity index (χ0n) is 21.0. The van der Waals surface area contributed by atoms with Crippen molar-refractivity contribution in [3.05, 3.63) is 53.1 Å². The molecule has 0 N–H and O–H groups in total. The SMILES string of the molecule is COCc1nnc(CS(=O)(=O)[C@@H](C)[C@@H](OC(C)C)c2ncc(Cl)cn2)n1-c1c(OC)cccc1OC. The zero-order chi connectivity index (χ0) is 26.5. The molecule has 11 nitrogen and oxygen atoms in total. The quantitative estimate of drug-likeness (QED) is 0.338. The summed E-state index contributed by atoms with van der Waals surface area (Å²) in [6.07, 6.45) is 1.60. The third-order valence-electron chi connectivity index (χ3n) is 5.33. The minimum atomic E-state index is -3.87. The van der Waals surface area contributed by atoms with Crippen LogP contribution in [-0.4, -0.2) is 65.8 Å². The van der Waals surface area contributed by atoms with E-state index in [1.165, 1.54) is 33.7 Å². The molecule has 1 aromatic carbocycles. The lowest BCUT2D eigenvalue weighted by molar-refractivity contribution is 0.00143. The molecule has 13 heteroatoms. The van der Waals surface area contributed by atoms with Crippen molar-refractivity contribution in [1.29, 1.82) is 0 Å². The van der Waals surface area contributed by atoms with Gasteiger partial charge in [-0.2, -0.15) is 0 Å². The molecule has 2 aromatic heterocycles. The van der Waals surface area contributed by atoms with E-state index in [9.17, 15) is 8.42 Å². The van der Waals surface area contributed by atoms with E-state index in [1.807, 2.05) is 13.8 Å². The van der Waals surface area contributed by atoms with Crippen molar-refractivity contribution >= 4 is 21.4 Å². The molecule has 3 aromatic rings. The van der Waals surface area contributed by atoms with Gasteiger partial charge in [0.25, 0.3) is 0 Å². The van der Waals surface area contributed by atoms with E-state index in [2.05, 4.69) is 20.2 Å². The Morgan fingerprint density at radius 1 is 0.972 bits per heavy atom. The van der Waals surface area contributed by atoms with Crippen LogP contribution >= 0.6 is 11.6 Å². The first kappa shape index (κ1) is 27.8. The first-order valence-corrected chi connectivity index (χ1v) is 13.2. The molecule has 0 unspecified atom stereocenters. The predicted molar refractivity (Wildman–Crippen MR) is 133 cm³/mol. The number of para-hydroxylation sites is 1. The van der Waals surface area contributed by atoms with Crippen molar-refractivity contribution in [1.82, 2.24) is 24.7 Å². The topological polar surface area (TPSA) is 128 Å². The van der Waals surface area contributed by atoms with Gasteiger partial charge in [-0.3, -0.25) is 4.57 Å². The number of rotatable bonds is 12. The van der Waals surface area contributed by atoms with Gasteiger partial charge in [-0.15, -0.1) is 10.2 Å². The Hall–Kier alpha value is -2.80. The molecule has 2 atom stereocenters. The molecule has 0 fully saturated rings. The summed E-state index contributed by atoms with van der Waals surface area (Å²) in [6.45, 7) is 5.26. The molecular weight excluding hydrogens is 510 g/mol. The number of sulfone groups is 1. The molecule has 0 saturated heterocycles. The fourth-order valence-electron chi connectivity index (χ4n) is 3.62. The normalized spacial score (nSPS) is 13.6. The van der Waals surface area contributed by atoms with Crippen molar-refractivity contribution in [2.75, 3.05) is 21.3 Å². The number of halogens is 1. The number of benzene rings is 1. The van der Waals surface area contributed by atoms with Crippen LogP contribution in [0.1, 0.15) is 44.3 Å². The minimum absolute atomic E-state index is 0.0848. The number of methoxy groups -OCH3 is 3. The summed E-state index contributed by atoms with van der Waals surface area (Å²) in [4.78, 5) is 8.39. The van der Waals surface area contributed by atoms with Gasteiger partial charge in [0.05, 0.1) is 30.6 Å². The zero-order valence-corrected chi connectivity index (χ0v) is 22.6.